The predicted octanol–water partition coefficient (Wildman–Crippen LogP) is 5.30. The third-order valence-corrected chi connectivity index (χ3v) is 4.91. The molecule has 0 saturated heterocycles. The Morgan fingerprint density at radius 2 is 1.83 bits per heavy atom. The number of fused-ring (bicyclic) bond motifs is 2. The zero-order valence-corrected chi connectivity index (χ0v) is 16.1. The van der Waals surface area contributed by atoms with Gasteiger partial charge in [0.2, 0.25) is 5.89 Å². The first-order valence-electron chi connectivity index (χ1n) is 9.41. The van der Waals surface area contributed by atoms with Crippen molar-refractivity contribution in [3.8, 4) is 17.2 Å². The van der Waals surface area contributed by atoms with Crippen LogP contribution in [0, 0.1) is 0 Å². The van der Waals surface area contributed by atoms with Crippen molar-refractivity contribution < 1.29 is 13.9 Å². The minimum Gasteiger partial charge on any atom is -0.496 e. The third-order valence-electron chi connectivity index (χ3n) is 4.91. The molecule has 0 unspecified atom stereocenters. The second-order valence-electron chi connectivity index (χ2n) is 6.76. The van der Waals surface area contributed by atoms with Crippen LogP contribution < -0.4 is 10.1 Å². The number of oxazole rings is 1. The summed E-state index contributed by atoms with van der Waals surface area (Å²) in [5.74, 6) is 0.779. The molecule has 1 N–H and O–H groups in total. The van der Waals surface area contributed by atoms with Gasteiger partial charge >= 0.3 is 0 Å². The molecule has 0 spiro atoms. The number of ether oxygens (including phenoxy) is 1. The average molecular weight is 395 g/mol. The van der Waals surface area contributed by atoms with Crippen LogP contribution in [-0.4, -0.2) is 23.0 Å². The number of anilines is 1. The molecule has 2 aromatic heterocycles. The molecular weight excluding hydrogens is 378 g/mol. The number of pyridine rings is 1. The SMILES string of the molecule is COc1ccc2ccccc2c1C(=O)Nc1ccc2oc(-c3ccncc3)nc2c1. The zero-order chi connectivity index (χ0) is 20.5. The van der Waals surface area contributed by atoms with Crippen molar-refractivity contribution in [3.05, 3.63) is 84.7 Å². The van der Waals surface area contributed by atoms with Gasteiger partial charge in [0.05, 0.1) is 12.7 Å². The lowest BCUT2D eigenvalue weighted by atomic mass is 10.0. The molecular formula is C24H17N3O3. The highest BCUT2D eigenvalue weighted by Gasteiger charge is 2.17. The molecule has 6 heteroatoms. The molecule has 5 rings (SSSR count). The van der Waals surface area contributed by atoms with E-state index in [0.29, 0.717) is 34.0 Å². The number of rotatable bonds is 4. The molecule has 30 heavy (non-hydrogen) atoms. The first kappa shape index (κ1) is 17.9. The maximum atomic E-state index is 13.1. The molecule has 5 aromatic rings. The Morgan fingerprint density at radius 1 is 1.00 bits per heavy atom. The van der Waals surface area contributed by atoms with Crippen LogP contribution >= 0.6 is 0 Å². The van der Waals surface area contributed by atoms with E-state index >= 15 is 0 Å². The number of hydrogen-bond acceptors (Lipinski definition) is 5. The summed E-state index contributed by atoms with van der Waals surface area (Å²) in [5.41, 5.74) is 3.25. The van der Waals surface area contributed by atoms with E-state index in [2.05, 4.69) is 15.3 Å². The molecule has 146 valence electrons. The van der Waals surface area contributed by atoms with Gasteiger partial charge in [0.15, 0.2) is 5.58 Å². The lowest BCUT2D eigenvalue weighted by Gasteiger charge is -2.12. The Hall–Kier alpha value is -4.19. The molecule has 0 aliphatic heterocycles. The topological polar surface area (TPSA) is 77.2 Å². The number of aromatic nitrogens is 2. The summed E-state index contributed by atoms with van der Waals surface area (Å²) in [6.07, 6.45) is 3.38. The second kappa shape index (κ2) is 7.33. The maximum Gasteiger partial charge on any atom is 0.260 e. The van der Waals surface area contributed by atoms with Crippen LogP contribution in [0.4, 0.5) is 5.69 Å². The van der Waals surface area contributed by atoms with E-state index in [-0.39, 0.29) is 5.91 Å². The van der Waals surface area contributed by atoms with Crippen LogP contribution in [0.3, 0.4) is 0 Å². The fraction of sp³-hybridized carbons (Fsp3) is 0.0417. The Kier molecular flexibility index (Phi) is 4.37. The molecule has 0 atom stereocenters. The van der Waals surface area contributed by atoms with Crippen LogP contribution in [0.2, 0.25) is 0 Å². The number of nitrogens with one attached hydrogen (secondary N) is 1. The van der Waals surface area contributed by atoms with Crippen molar-refractivity contribution in [2.45, 2.75) is 0 Å². The first-order valence-corrected chi connectivity index (χ1v) is 9.41. The van der Waals surface area contributed by atoms with Crippen molar-refractivity contribution >= 4 is 33.5 Å². The number of nitrogens with zero attached hydrogens (tertiary/aromatic N) is 2. The van der Waals surface area contributed by atoms with Crippen molar-refractivity contribution in [1.29, 1.82) is 0 Å². The normalized spacial score (nSPS) is 11.0. The molecule has 2 heterocycles. The van der Waals surface area contributed by atoms with Gasteiger partial charge < -0.3 is 14.5 Å². The highest BCUT2D eigenvalue weighted by Crippen LogP contribution is 2.30. The number of hydrogen-bond donors (Lipinski definition) is 1. The van der Waals surface area contributed by atoms with Gasteiger partial charge in [0, 0.05) is 23.6 Å². The number of methoxy groups -OCH3 is 1. The summed E-state index contributed by atoms with van der Waals surface area (Å²) < 4.78 is 11.3. The molecule has 0 aliphatic rings. The fourth-order valence-corrected chi connectivity index (χ4v) is 3.47. The smallest absolute Gasteiger partial charge is 0.260 e. The van der Waals surface area contributed by atoms with Crippen molar-refractivity contribution in [2.75, 3.05) is 12.4 Å². The summed E-state index contributed by atoms with van der Waals surface area (Å²) in [5, 5.41) is 4.76. The summed E-state index contributed by atoms with van der Waals surface area (Å²) >= 11 is 0. The highest BCUT2D eigenvalue weighted by atomic mass is 16.5. The molecule has 0 radical (unpaired) electrons. The van der Waals surface area contributed by atoms with Crippen molar-refractivity contribution in [2.24, 2.45) is 0 Å². The van der Waals surface area contributed by atoms with Gasteiger partial charge in [-0.15, -0.1) is 0 Å². The first-order chi connectivity index (χ1) is 14.7. The quantitative estimate of drug-likeness (QED) is 0.447. The number of benzene rings is 3. The molecule has 0 aliphatic carbocycles. The van der Waals surface area contributed by atoms with Gasteiger partial charge in [-0.2, -0.15) is 0 Å². The summed E-state index contributed by atoms with van der Waals surface area (Å²) in [6.45, 7) is 0. The summed E-state index contributed by atoms with van der Waals surface area (Å²) in [6, 6.07) is 20.5. The van der Waals surface area contributed by atoms with E-state index < -0.39 is 0 Å². The Morgan fingerprint density at radius 3 is 2.67 bits per heavy atom. The van der Waals surface area contributed by atoms with Crippen LogP contribution in [-0.2, 0) is 0 Å². The Balaban J connectivity index is 1.50. The zero-order valence-electron chi connectivity index (χ0n) is 16.1. The molecule has 0 fully saturated rings. The van der Waals surface area contributed by atoms with Gasteiger partial charge in [-0.3, -0.25) is 9.78 Å². The maximum absolute atomic E-state index is 13.1. The minimum atomic E-state index is -0.249. The Labute approximate surface area is 172 Å². The molecule has 0 saturated carbocycles. The largest absolute Gasteiger partial charge is 0.496 e. The van der Waals surface area contributed by atoms with Gasteiger partial charge in [-0.25, -0.2) is 4.98 Å². The second-order valence-corrected chi connectivity index (χ2v) is 6.76. The number of amides is 1. The average Bonchev–Trinajstić information content (AvgIpc) is 3.22. The summed E-state index contributed by atoms with van der Waals surface area (Å²) in [7, 11) is 1.56. The lowest BCUT2D eigenvalue weighted by molar-refractivity contribution is 0.102. The van der Waals surface area contributed by atoms with E-state index in [1.807, 2.05) is 42.5 Å². The van der Waals surface area contributed by atoms with E-state index in [1.54, 1.807) is 43.8 Å². The van der Waals surface area contributed by atoms with Gasteiger partial charge in [0.25, 0.3) is 5.91 Å². The fourth-order valence-electron chi connectivity index (χ4n) is 3.47. The van der Waals surface area contributed by atoms with Crippen LogP contribution in [0.25, 0.3) is 33.3 Å². The monoisotopic (exact) mass is 395 g/mol. The predicted molar refractivity (Wildman–Crippen MR) is 116 cm³/mol. The summed E-state index contributed by atoms with van der Waals surface area (Å²) in [4.78, 5) is 21.7. The molecule has 3 aromatic carbocycles. The van der Waals surface area contributed by atoms with E-state index in [0.717, 1.165) is 16.3 Å². The van der Waals surface area contributed by atoms with E-state index in [9.17, 15) is 4.79 Å². The lowest BCUT2D eigenvalue weighted by Crippen LogP contribution is -2.13. The number of carbonyl (C=O) groups excluding carboxylic acids is 1. The minimum absolute atomic E-state index is 0.249. The van der Waals surface area contributed by atoms with E-state index in [1.165, 1.54) is 0 Å². The highest BCUT2D eigenvalue weighted by molar-refractivity contribution is 6.15. The Bertz CT molecular complexity index is 1380. The van der Waals surface area contributed by atoms with Crippen molar-refractivity contribution in [1.82, 2.24) is 9.97 Å². The van der Waals surface area contributed by atoms with Gasteiger partial charge in [-0.05, 0) is 47.2 Å². The third kappa shape index (κ3) is 3.14. The van der Waals surface area contributed by atoms with Gasteiger partial charge in [0.1, 0.15) is 11.3 Å². The van der Waals surface area contributed by atoms with Crippen LogP contribution in [0.1, 0.15) is 10.4 Å². The van der Waals surface area contributed by atoms with E-state index in [4.69, 9.17) is 9.15 Å². The van der Waals surface area contributed by atoms with Crippen LogP contribution in [0.5, 0.6) is 5.75 Å². The van der Waals surface area contributed by atoms with Gasteiger partial charge in [-0.1, -0.05) is 30.3 Å². The van der Waals surface area contributed by atoms with Crippen molar-refractivity contribution in [3.63, 3.8) is 0 Å². The van der Waals surface area contributed by atoms with Crippen LogP contribution in [0.15, 0.2) is 83.5 Å². The molecule has 0 bridgehead atoms. The standard InChI is InChI=1S/C24H17N3O3/c1-29-21-8-6-15-4-2-3-5-18(15)22(21)23(28)26-17-7-9-20-19(14-17)27-24(30-20)16-10-12-25-13-11-16/h2-14H,1H3,(H,26,28). The number of carbonyl (C=O) groups is 1. The molecule has 1 amide bonds. The molecule has 6 nitrogen and oxygen atoms in total.